The molecule has 0 spiro atoms. The predicted molar refractivity (Wildman–Crippen MR) is 104 cm³/mol. The first-order valence-corrected chi connectivity index (χ1v) is 9.07. The Morgan fingerprint density at radius 3 is 2.35 bits per heavy atom. The topological polar surface area (TPSA) is 49.8 Å². The maximum atomic E-state index is 5.58. The highest BCUT2D eigenvalue weighted by atomic mass is 32.1. The molecule has 26 heavy (non-hydrogen) atoms. The summed E-state index contributed by atoms with van der Waals surface area (Å²) in [5, 5.41) is 2.90. The van der Waals surface area contributed by atoms with E-state index in [4.69, 9.17) is 23.9 Å². The lowest BCUT2D eigenvalue weighted by Crippen LogP contribution is -1.95. The normalized spacial score (nSPS) is 10.5. The molecule has 0 amide bonds. The second-order valence-electron chi connectivity index (χ2n) is 5.40. The Kier molecular flexibility index (Phi) is 5.63. The van der Waals surface area contributed by atoms with Gasteiger partial charge in [-0.3, -0.25) is 0 Å². The van der Waals surface area contributed by atoms with Gasteiger partial charge in [-0.1, -0.05) is 0 Å². The third kappa shape index (κ3) is 3.60. The lowest BCUT2D eigenvalue weighted by molar-refractivity contribution is 0.311. The molecular weight excluding hydrogens is 350 g/mol. The number of aromatic nitrogens is 1. The molecular formula is C20H21NO4S. The summed E-state index contributed by atoms with van der Waals surface area (Å²) in [6, 6.07) is 11.5. The van der Waals surface area contributed by atoms with E-state index in [9.17, 15) is 0 Å². The van der Waals surface area contributed by atoms with Gasteiger partial charge < -0.3 is 18.9 Å². The summed E-state index contributed by atoms with van der Waals surface area (Å²) in [6.07, 6.45) is 0. The van der Waals surface area contributed by atoms with Gasteiger partial charge in [-0.25, -0.2) is 4.98 Å². The van der Waals surface area contributed by atoms with E-state index in [1.54, 1.807) is 32.7 Å². The quantitative estimate of drug-likeness (QED) is 0.591. The highest BCUT2D eigenvalue weighted by Crippen LogP contribution is 2.38. The summed E-state index contributed by atoms with van der Waals surface area (Å²) in [4.78, 5) is 4.77. The smallest absolute Gasteiger partial charge is 0.161 e. The zero-order valence-corrected chi connectivity index (χ0v) is 16.1. The van der Waals surface area contributed by atoms with Crippen LogP contribution in [0.3, 0.4) is 0 Å². The summed E-state index contributed by atoms with van der Waals surface area (Å²) in [7, 11) is 4.93. The minimum absolute atomic E-state index is 0.590. The number of benzene rings is 2. The molecule has 0 fully saturated rings. The van der Waals surface area contributed by atoms with Crippen LogP contribution in [0.2, 0.25) is 0 Å². The zero-order valence-electron chi connectivity index (χ0n) is 15.2. The summed E-state index contributed by atoms with van der Waals surface area (Å²) in [6.45, 7) is 2.54. The van der Waals surface area contributed by atoms with Gasteiger partial charge in [-0.05, 0) is 43.3 Å². The van der Waals surface area contributed by atoms with Crippen molar-refractivity contribution < 1.29 is 18.9 Å². The van der Waals surface area contributed by atoms with E-state index in [-0.39, 0.29) is 0 Å². The van der Waals surface area contributed by atoms with Crippen LogP contribution >= 0.6 is 11.3 Å². The molecule has 0 bridgehead atoms. The zero-order chi connectivity index (χ0) is 18.5. The van der Waals surface area contributed by atoms with Crippen molar-refractivity contribution in [2.75, 3.05) is 27.9 Å². The molecule has 0 saturated heterocycles. The molecule has 3 rings (SSSR count). The van der Waals surface area contributed by atoms with E-state index in [0.29, 0.717) is 12.4 Å². The maximum Gasteiger partial charge on any atom is 0.161 e. The van der Waals surface area contributed by atoms with Gasteiger partial charge in [0.15, 0.2) is 11.5 Å². The van der Waals surface area contributed by atoms with Crippen LogP contribution in [0.4, 0.5) is 0 Å². The van der Waals surface area contributed by atoms with Crippen molar-refractivity contribution in [2.45, 2.75) is 6.92 Å². The molecule has 0 saturated carbocycles. The molecule has 0 radical (unpaired) electrons. The van der Waals surface area contributed by atoms with Gasteiger partial charge in [0.2, 0.25) is 0 Å². The Balaban J connectivity index is 1.98. The Labute approximate surface area is 157 Å². The number of thiazole rings is 1. The van der Waals surface area contributed by atoms with Crippen LogP contribution in [-0.2, 0) is 0 Å². The summed E-state index contributed by atoms with van der Waals surface area (Å²) in [5.41, 5.74) is 2.71. The molecule has 1 aromatic heterocycles. The van der Waals surface area contributed by atoms with Crippen molar-refractivity contribution in [3.8, 4) is 44.8 Å². The van der Waals surface area contributed by atoms with Gasteiger partial charge >= 0.3 is 0 Å². The van der Waals surface area contributed by atoms with E-state index in [1.807, 2.05) is 48.7 Å². The van der Waals surface area contributed by atoms with E-state index in [0.717, 1.165) is 39.1 Å². The van der Waals surface area contributed by atoms with Crippen molar-refractivity contribution in [3.63, 3.8) is 0 Å². The molecule has 0 atom stereocenters. The van der Waals surface area contributed by atoms with Crippen molar-refractivity contribution in [2.24, 2.45) is 0 Å². The van der Waals surface area contributed by atoms with E-state index < -0.39 is 0 Å². The summed E-state index contributed by atoms with van der Waals surface area (Å²) >= 11 is 1.56. The SMILES string of the molecule is CCOc1ccc(-c2nc(-c3cc(OC)ccc3OC)cs2)cc1OC. The molecule has 3 aromatic rings. The molecule has 5 nitrogen and oxygen atoms in total. The number of rotatable bonds is 7. The molecule has 0 N–H and O–H groups in total. The first-order valence-electron chi connectivity index (χ1n) is 8.19. The number of nitrogens with zero attached hydrogens (tertiary/aromatic N) is 1. The molecule has 0 unspecified atom stereocenters. The van der Waals surface area contributed by atoms with Crippen molar-refractivity contribution in [3.05, 3.63) is 41.8 Å². The maximum absolute atomic E-state index is 5.58. The van der Waals surface area contributed by atoms with Gasteiger partial charge in [0.1, 0.15) is 16.5 Å². The fourth-order valence-electron chi connectivity index (χ4n) is 2.62. The third-order valence-corrected chi connectivity index (χ3v) is 4.79. The van der Waals surface area contributed by atoms with Gasteiger partial charge in [0.05, 0.1) is 33.6 Å². The Bertz CT molecular complexity index is 891. The van der Waals surface area contributed by atoms with Crippen LogP contribution in [0.15, 0.2) is 41.8 Å². The fourth-order valence-corrected chi connectivity index (χ4v) is 3.44. The second-order valence-corrected chi connectivity index (χ2v) is 6.26. The van der Waals surface area contributed by atoms with E-state index in [2.05, 4.69) is 0 Å². The number of hydrogen-bond acceptors (Lipinski definition) is 6. The molecule has 2 aromatic carbocycles. The lowest BCUT2D eigenvalue weighted by atomic mass is 10.1. The van der Waals surface area contributed by atoms with Crippen LogP contribution in [0, 0.1) is 0 Å². The third-order valence-electron chi connectivity index (χ3n) is 3.90. The number of methoxy groups -OCH3 is 3. The summed E-state index contributed by atoms with van der Waals surface area (Å²) < 4.78 is 21.8. The first-order chi connectivity index (χ1) is 12.7. The largest absolute Gasteiger partial charge is 0.497 e. The van der Waals surface area contributed by atoms with E-state index >= 15 is 0 Å². The second kappa shape index (κ2) is 8.10. The van der Waals surface area contributed by atoms with Gasteiger partial charge in [0.25, 0.3) is 0 Å². The molecule has 0 aliphatic heterocycles. The van der Waals surface area contributed by atoms with Crippen LogP contribution in [0.1, 0.15) is 6.92 Å². The predicted octanol–water partition coefficient (Wildman–Crippen LogP) is 4.90. The lowest BCUT2D eigenvalue weighted by Gasteiger charge is -2.10. The molecule has 1 heterocycles. The Morgan fingerprint density at radius 1 is 0.885 bits per heavy atom. The molecule has 0 aliphatic carbocycles. The Hall–Kier alpha value is -2.73. The first kappa shape index (κ1) is 18.1. The fraction of sp³-hybridized carbons (Fsp3) is 0.250. The highest BCUT2D eigenvalue weighted by molar-refractivity contribution is 7.13. The Morgan fingerprint density at radius 2 is 1.65 bits per heavy atom. The average molecular weight is 371 g/mol. The minimum Gasteiger partial charge on any atom is -0.497 e. The average Bonchev–Trinajstić information content (AvgIpc) is 3.18. The van der Waals surface area contributed by atoms with Crippen LogP contribution in [0.25, 0.3) is 21.8 Å². The minimum atomic E-state index is 0.590. The monoisotopic (exact) mass is 371 g/mol. The van der Waals surface area contributed by atoms with Gasteiger partial charge in [-0.2, -0.15) is 0 Å². The number of hydrogen-bond donors (Lipinski definition) is 0. The summed E-state index contributed by atoms with van der Waals surface area (Å²) in [5.74, 6) is 2.94. The van der Waals surface area contributed by atoms with Crippen LogP contribution in [-0.4, -0.2) is 32.9 Å². The van der Waals surface area contributed by atoms with E-state index in [1.165, 1.54) is 0 Å². The van der Waals surface area contributed by atoms with Gasteiger partial charge in [-0.15, -0.1) is 11.3 Å². The van der Waals surface area contributed by atoms with Crippen molar-refractivity contribution in [1.29, 1.82) is 0 Å². The standard InChI is InChI=1S/C20H21NO4S/c1-5-25-18-8-6-13(10-19(18)24-4)20-21-16(12-26-20)15-11-14(22-2)7-9-17(15)23-3/h6-12H,5H2,1-4H3. The number of ether oxygens (including phenoxy) is 4. The van der Waals surface area contributed by atoms with Crippen LogP contribution < -0.4 is 18.9 Å². The van der Waals surface area contributed by atoms with Crippen molar-refractivity contribution in [1.82, 2.24) is 4.98 Å². The van der Waals surface area contributed by atoms with Crippen molar-refractivity contribution >= 4 is 11.3 Å². The molecule has 136 valence electrons. The van der Waals surface area contributed by atoms with Crippen LogP contribution in [0.5, 0.6) is 23.0 Å². The highest BCUT2D eigenvalue weighted by Gasteiger charge is 2.14. The van der Waals surface area contributed by atoms with Gasteiger partial charge in [0, 0.05) is 16.5 Å². The molecule has 6 heteroatoms. The molecule has 0 aliphatic rings.